The number of piperazine rings is 1. The van der Waals surface area contributed by atoms with Crippen molar-refractivity contribution in [2.75, 3.05) is 62.5 Å². The van der Waals surface area contributed by atoms with Gasteiger partial charge < -0.3 is 19.9 Å². The highest BCUT2D eigenvalue weighted by Crippen LogP contribution is 2.29. The van der Waals surface area contributed by atoms with Crippen LogP contribution in [0.5, 0.6) is 0 Å². The molecule has 0 radical (unpaired) electrons. The molecule has 0 aromatic heterocycles. The highest BCUT2D eigenvalue weighted by atomic mass is 127. The number of rotatable bonds is 6. The number of hydrogen-bond donors (Lipinski definition) is 1. The molecule has 174 valence electrons. The van der Waals surface area contributed by atoms with Crippen LogP contribution in [0.4, 0.5) is 10.5 Å². The third-order valence-corrected chi connectivity index (χ3v) is 6.98. The number of halogens is 1. The Labute approximate surface area is 201 Å². The van der Waals surface area contributed by atoms with Crippen LogP contribution >= 0.6 is 24.0 Å². The van der Waals surface area contributed by atoms with Crippen molar-refractivity contribution in [2.45, 2.75) is 20.3 Å². The number of sulfonamides is 1. The van der Waals surface area contributed by atoms with Gasteiger partial charge in [0, 0.05) is 39.3 Å². The molecule has 9 nitrogen and oxygen atoms in total. The molecule has 1 amide bonds. The molecule has 31 heavy (non-hydrogen) atoms. The van der Waals surface area contributed by atoms with Crippen molar-refractivity contribution in [2.24, 2.45) is 4.99 Å². The first-order valence-electron chi connectivity index (χ1n) is 10.5. The Balaban J connectivity index is 0.00000341. The SMILES string of the molecule is CCNC(=NCCS(=O)(=O)N1CCc2ccccc21)N1CCN(C(=O)OCC)CC1.I. The van der Waals surface area contributed by atoms with E-state index in [2.05, 4.69) is 15.2 Å². The van der Waals surface area contributed by atoms with Crippen LogP contribution in [0.3, 0.4) is 0 Å². The van der Waals surface area contributed by atoms with Gasteiger partial charge in [0.2, 0.25) is 10.0 Å². The molecule has 1 N–H and O–H groups in total. The third-order valence-electron chi connectivity index (χ3n) is 5.23. The molecule has 1 saturated heterocycles. The van der Waals surface area contributed by atoms with Gasteiger partial charge in [-0.25, -0.2) is 13.2 Å². The maximum atomic E-state index is 12.9. The van der Waals surface area contributed by atoms with Crippen molar-refractivity contribution in [3.63, 3.8) is 0 Å². The highest BCUT2D eigenvalue weighted by molar-refractivity contribution is 14.0. The second-order valence-electron chi connectivity index (χ2n) is 7.18. The van der Waals surface area contributed by atoms with Crippen LogP contribution < -0.4 is 9.62 Å². The summed E-state index contributed by atoms with van der Waals surface area (Å²) < 4.78 is 32.3. The van der Waals surface area contributed by atoms with Gasteiger partial charge in [0.15, 0.2) is 5.96 Å². The lowest BCUT2D eigenvalue weighted by Gasteiger charge is -2.35. The Morgan fingerprint density at radius 1 is 1.10 bits per heavy atom. The molecule has 0 saturated carbocycles. The van der Waals surface area contributed by atoms with Crippen LogP contribution in [-0.2, 0) is 21.2 Å². The van der Waals surface area contributed by atoms with Crippen molar-refractivity contribution in [3.8, 4) is 0 Å². The van der Waals surface area contributed by atoms with Gasteiger partial charge in [-0.1, -0.05) is 18.2 Å². The van der Waals surface area contributed by atoms with Crippen LogP contribution in [0.2, 0.25) is 0 Å². The molecule has 1 aromatic carbocycles. The lowest BCUT2D eigenvalue weighted by atomic mass is 10.2. The fraction of sp³-hybridized carbons (Fsp3) is 0.600. The molecule has 0 spiro atoms. The fourth-order valence-electron chi connectivity index (χ4n) is 3.72. The highest BCUT2D eigenvalue weighted by Gasteiger charge is 2.29. The van der Waals surface area contributed by atoms with E-state index in [0.717, 1.165) is 17.7 Å². The van der Waals surface area contributed by atoms with Crippen LogP contribution in [0, 0.1) is 0 Å². The monoisotopic (exact) mass is 565 g/mol. The standard InChI is InChI=1S/C20H31N5O4S.HI/c1-3-21-19(23-12-14-24(15-13-23)20(26)29-4-2)22-10-16-30(27,28)25-11-9-17-7-5-6-8-18(17)25;/h5-8H,3-4,9-16H2,1-2H3,(H,21,22);1H. The number of amides is 1. The zero-order valence-corrected chi connectivity index (χ0v) is 21.3. The molecule has 3 rings (SSSR count). The molecule has 0 bridgehead atoms. The van der Waals surface area contributed by atoms with Crippen LogP contribution in [-0.4, -0.2) is 88.4 Å². The van der Waals surface area contributed by atoms with Gasteiger partial charge >= 0.3 is 6.09 Å². The fourth-order valence-corrected chi connectivity index (χ4v) is 5.11. The van der Waals surface area contributed by atoms with Gasteiger partial charge in [0.1, 0.15) is 0 Å². The number of carbonyl (C=O) groups is 1. The summed E-state index contributed by atoms with van der Waals surface area (Å²) in [7, 11) is -3.43. The predicted octanol–water partition coefficient (Wildman–Crippen LogP) is 1.74. The first kappa shape index (κ1) is 25.5. The molecule has 1 aromatic rings. The Morgan fingerprint density at radius 2 is 1.77 bits per heavy atom. The zero-order valence-electron chi connectivity index (χ0n) is 18.1. The lowest BCUT2D eigenvalue weighted by molar-refractivity contribution is 0.0914. The van der Waals surface area contributed by atoms with E-state index in [-0.39, 0.29) is 42.4 Å². The molecular weight excluding hydrogens is 533 g/mol. The second-order valence-corrected chi connectivity index (χ2v) is 9.19. The molecule has 2 aliphatic heterocycles. The molecule has 1 fully saturated rings. The molecular formula is C20H32IN5O4S. The van der Waals surface area contributed by atoms with E-state index in [1.54, 1.807) is 11.8 Å². The van der Waals surface area contributed by atoms with Crippen LogP contribution in [0.1, 0.15) is 19.4 Å². The number of aliphatic imine (C=N–C) groups is 1. The maximum absolute atomic E-state index is 12.9. The summed E-state index contributed by atoms with van der Waals surface area (Å²) in [6, 6.07) is 7.63. The smallest absolute Gasteiger partial charge is 0.409 e. The number of benzene rings is 1. The molecule has 2 heterocycles. The number of ether oxygens (including phenoxy) is 1. The summed E-state index contributed by atoms with van der Waals surface area (Å²) in [5, 5.41) is 3.23. The second kappa shape index (κ2) is 11.7. The summed E-state index contributed by atoms with van der Waals surface area (Å²) in [4.78, 5) is 20.1. The third kappa shape index (κ3) is 6.37. The van der Waals surface area contributed by atoms with Crippen molar-refractivity contribution >= 4 is 51.7 Å². The number of carbonyl (C=O) groups excluding carboxylic acids is 1. The lowest BCUT2D eigenvalue weighted by Crippen LogP contribution is -2.54. The van der Waals surface area contributed by atoms with Crippen molar-refractivity contribution < 1.29 is 17.9 Å². The number of fused-ring (bicyclic) bond motifs is 1. The summed E-state index contributed by atoms with van der Waals surface area (Å²) in [5.41, 5.74) is 1.85. The van der Waals surface area contributed by atoms with Crippen LogP contribution in [0.15, 0.2) is 29.3 Å². The van der Waals surface area contributed by atoms with Crippen LogP contribution in [0.25, 0.3) is 0 Å². The Morgan fingerprint density at radius 3 is 2.45 bits per heavy atom. The van der Waals surface area contributed by atoms with Crippen molar-refractivity contribution in [1.82, 2.24) is 15.1 Å². The number of hydrogen-bond acceptors (Lipinski definition) is 5. The quantitative estimate of drug-likeness (QED) is 0.321. The van der Waals surface area contributed by atoms with E-state index < -0.39 is 10.0 Å². The summed E-state index contributed by atoms with van der Waals surface area (Å²) in [5.74, 6) is 0.636. The number of nitrogens with zero attached hydrogens (tertiary/aromatic N) is 4. The first-order chi connectivity index (χ1) is 14.5. The minimum atomic E-state index is -3.43. The Hall–Kier alpha value is -1.76. The van der Waals surface area contributed by atoms with E-state index >= 15 is 0 Å². The van der Waals surface area contributed by atoms with Gasteiger partial charge in [0.25, 0.3) is 0 Å². The molecule has 0 atom stereocenters. The predicted molar refractivity (Wildman–Crippen MR) is 133 cm³/mol. The summed E-state index contributed by atoms with van der Waals surface area (Å²) in [6.45, 7) is 7.82. The van der Waals surface area contributed by atoms with Gasteiger partial charge in [-0.3, -0.25) is 9.30 Å². The number of para-hydroxylation sites is 1. The number of guanidine groups is 1. The van der Waals surface area contributed by atoms with E-state index in [0.29, 0.717) is 51.8 Å². The van der Waals surface area contributed by atoms with E-state index in [4.69, 9.17) is 4.74 Å². The number of anilines is 1. The van der Waals surface area contributed by atoms with E-state index in [1.807, 2.05) is 31.2 Å². The van der Waals surface area contributed by atoms with Gasteiger partial charge in [-0.05, 0) is 31.9 Å². The molecule has 2 aliphatic rings. The average Bonchev–Trinajstić information content (AvgIpc) is 3.18. The maximum Gasteiger partial charge on any atom is 0.409 e. The van der Waals surface area contributed by atoms with Gasteiger partial charge in [0.05, 0.1) is 24.6 Å². The van der Waals surface area contributed by atoms with Crippen molar-refractivity contribution in [1.29, 1.82) is 0 Å². The van der Waals surface area contributed by atoms with E-state index in [9.17, 15) is 13.2 Å². The van der Waals surface area contributed by atoms with Gasteiger partial charge in [-0.15, -0.1) is 24.0 Å². The normalized spacial score (nSPS) is 16.6. The Kier molecular flexibility index (Phi) is 9.66. The first-order valence-corrected chi connectivity index (χ1v) is 12.1. The Bertz CT molecular complexity index is 872. The molecule has 11 heteroatoms. The van der Waals surface area contributed by atoms with Crippen molar-refractivity contribution in [3.05, 3.63) is 29.8 Å². The zero-order chi connectivity index (χ0) is 21.6. The minimum absolute atomic E-state index is 0. The van der Waals surface area contributed by atoms with Gasteiger partial charge in [-0.2, -0.15) is 0 Å². The summed E-state index contributed by atoms with van der Waals surface area (Å²) >= 11 is 0. The molecule has 0 unspecified atom stereocenters. The molecule has 0 aliphatic carbocycles. The minimum Gasteiger partial charge on any atom is -0.450 e. The summed E-state index contributed by atoms with van der Waals surface area (Å²) in [6.07, 6.45) is 0.447. The topological polar surface area (TPSA) is 94.5 Å². The largest absolute Gasteiger partial charge is 0.450 e. The average molecular weight is 565 g/mol. The van der Waals surface area contributed by atoms with E-state index in [1.165, 1.54) is 4.31 Å². The number of nitrogens with one attached hydrogen (secondary N) is 1.